The standard InChI is InChI=1S/C22H21Cl2N5O3S/c23-16-3-1-14(2-4-16)11-20-26-22(33-27-20)28-9-7-15(8-10-28)13-25-21(30)18-6-5-17(29(31)32)12-19(18)24/h1-6,12,15H,7-11,13H2,(H,25,30). The molecule has 3 aromatic rings. The van der Waals surface area contributed by atoms with Gasteiger partial charge in [-0.1, -0.05) is 35.3 Å². The van der Waals surface area contributed by atoms with E-state index in [1.165, 1.54) is 29.7 Å². The number of rotatable bonds is 7. The van der Waals surface area contributed by atoms with Crippen LogP contribution in [0.5, 0.6) is 0 Å². The zero-order valence-electron chi connectivity index (χ0n) is 17.5. The van der Waals surface area contributed by atoms with Gasteiger partial charge in [-0.05, 0) is 42.5 Å². The molecule has 11 heteroatoms. The molecular weight excluding hydrogens is 485 g/mol. The molecule has 0 radical (unpaired) electrons. The summed E-state index contributed by atoms with van der Waals surface area (Å²) in [5.74, 6) is 0.809. The van der Waals surface area contributed by atoms with E-state index in [1.54, 1.807) is 0 Å². The maximum absolute atomic E-state index is 12.4. The topological polar surface area (TPSA) is 101 Å². The lowest BCUT2D eigenvalue weighted by molar-refractivity contribution is -0.384. The van der Waals surface area contributed by atoms with Gasteiger partial charge in [0.15, 0.2) is 0 Å². The van der Waals surface area contributed by atoms with Gasteiger partial charge in [-0.15, -0.1) is 0 Å². The molecule has 2 aromatic carbocycles. The minimum atomic E-state index is -0.542. The highest BCUT2D eigenvalue weighted by Crippen LogP contribution is 2.26. The number of nitrogens with one attached hydrogen (secondary N) is 1. The molecule has 0 unspecified atom stereocenters. The van der Waals surface area contributed by atoms with Crippen LogP contribution in [-0.4, -0.2) is 39.8 Å². The number of non-ortho nitro benzene ring substituents is 1. The number of aromatic nitrogens is 2. The third kappa shape index (κ3) is 5.98. The fourth-order valence-corrected chi connectivity index (χ4v) is 4.82. The highest BCUT2D eigenvalue weighted by molar-refractivity contribution is 7.09. The quantitative estimate of drug-likeness (QED) is 0.358. The fourth-order valence-electron chi connectivity index (χ4n) is 3.69. The van der Waals surface area contributed by atoms with Gasteiger partial charge in [0.1, 0.15) is 5.82 Å². The average molecular weight is 506 g/mol. The predicted molar refractivity (Wildman–Crippen MR) is 130 cm³/mol. The van der Waals surface area contributed by atoms with Gasteiger partial charge < -0.3 is 10.2 Å². The Bertz CT molecular complexity index is 1150. The first-order valence-electron chi connectivity index (χ1n) is 10.4. The molecule has 1 N–H and O–H groups in total. The van der Waals surface area contributed by atoms with E-state index >= 15 is 0 Å². The van der Waals surface area contributed by atoms with Crippen molar-refractivity contribution in [2.45, 2.75) is 19.3 Å². The maximum Gasteiger partial charge on any atom is 0.270 e. The highest BCUT2D eigenvalue weighted by atomic mass is 35.5. The van der Waals surface area contributed by atoms with Gasteiger partial charge in [-0.2, -0.15) is 4.37 Å². The van der Waals surface area contributed by atoms with Gasteiger partial charge in [0, 0.05) is 54.7 Å². The van der Waals surface area contributed by atoms with Crippen molar-refractivity contribution in [1.82, 2.24) is 14.7 Å². The van der Waals surface area contributed by atoms with Crippen LogP contribution in [0.15, 0.2) is 42.5 Å². The molecule has 0 spiro atoms. The van der Waals surface area contributed by atoms with E-state index in [2.05, 4.69) is 19.6 Å². The average Bonchev–Trinajstić information content (AvgIpc) is 3.27. The van der Waals surface area contributed by atoms with Gasteiger partial charge in [-0.3, -0.25) is 14.9 Å². The lowest BCUT2D eigenvalue weighted by atomic mass is 9.97. The molecule has 0 atom stereocenters. The van der Waals surface area contributed by atoms with Crippen molar-refractivity contribution in [3.8, 4) is 0 Å². The number of hydrogen-bond acceptors (Lipinski definition) is 7. The number of carbonyl (C=O) groups is 1. The minimum Gasteiger partial charge on any atom is -0.352 e. The predicted octanol–water partition coefficient (Wildman–Crippen LogP) is 4.99. The van der Waals surface area contributed by atoms with Crippen LogP contribution in [0.25, 0.3) is 0 Å². The molecule has 1 fully saturated rings. The van der Waals surface area contributed by atoms with E-state index in [0.717, 1.165) is 42.5 Å². The van der Waals surface area contributed by atoms with E-state index in [-0.39, 0.29) is 22.2 Å². The minimum absolute atomic E-state index is 0.0715. The van der Waals surface area contributed by atoms with Crippen LogP contribution >= 0.6 is 34.7 Å². The third-order valence-corrected chi connectivity index (χ3v) is 6.96. The van der Waals surface area contributed by atoms with E-state index in [4.69, 9.17) is 23.2 Å². The van der Waals surface area contributed by atoms with Crippen LogP contribution in [0.4, 0.5) is 10.8 Å². The molecule has 8 nitrogen and oxygen atoms in total. The molecule has 1 aliphatic rings. The molecule has 172 valence electrons. The van der Waals surface area contributed by atoms with Crippen molar-refractivity contribution in [1.29, 1.82) is 0 Å². The van der Waals surface area contributed by atoms with E-state index in [0.29, 0.717) is 23.9 Å². The monoisotopic (exact) mass is 505 g/mol. The summed E-state index contributed by atoms with van der Waals surface area (Å²) in [6.45, 7) is 2.21. The van der Waals surface area contributed by atoms with E-state index in [9.17, 15) is 14.9 Å². The van der Waals surface area contributed by atoms with Crippen LogP contribution in [0, 0.1) is 16.0 Å². The Morgan fingerprint density at radius 2 is 1.91 bits per heavy atom. The fraction of sp³-hybridized carbons (Fsp3) is 0.318. The molecule has 33 heavy (non-hydrogen) atoms. The highest BCUT2D eigenvalue weighted by Gasteiger charge is 2.23. The molecule has 0 bridgehead atoms. The van der Waals surface area contributed by atoms with Crippen LogP contribution in [0.1, 0.15) is 34.6 Å². The zero-order chi connectivity index (χ0) is 23.4. The number of nitro benzene ring substituents is 1. The van der Waals surface area contributed by atoms with Crippen molar-refractivity contribution in [2.24, 2.45) is 5.92 Å². The maximum atomic E-state index is 12.4. The van der Waals surface area contributed by atoms with E-state index < -0.39 is 4.92 Å². The molecule has 1 saturated heterocycles. The first kappa shape index (κ1) is 23.4. The SMILES string of the molecule is O=C(NCC1CCN(c2nc(Cc3ccc(Cl)cc3)ns2)CC1)c1ccc([N+](=O)[O-])cc1Cl. The smallest absolute Gasteiger partial charge is 0.270 e. The number of anilines is 1. The second kappa shape index (κ2) is 10.5. The van der Waals surface area contributed by atoms with Gasteiger partial charge >= 0.3 is 0 Å². The van der Waals surface area contributed by atoms with Crippen molar-refractivity contribution in [3.05, 3.63) is 79.6 Å². The molecule has 0 aliphatic carbocycles. The first-order valence-corrected chi connectivity index (χ1v) is 12.0. The van der Waals surface area contributed by atoms with Crippen molar-refractivity contribution >= 4 is 51.5 Å². The lowest BCUT2D eigenvalue weighted by Gasteiger charge is -2.31. The van der Waals surface area contributed by atoms with Crippen LogP contribution in [0.2, 0.25) is 10.0 Å². The van der Waals surface area contributed by atoms with Crippen molar-refractivity contribution < 1.29 is 9.72 Å². The van der Waals surface area contributed by atoms with Gasteiger partial charge in [-0.25, -0.2) is 4.98 Å². The number of carbonyl (C=O) groups excluding carboxylic acids is 1. The second-order valence-corrected chi connectivity index (χ2v) is 9.43. The summed E-state index contributed by atoms with van der Waals surface area (Å²) < 4.78 is 4.49. The molecule has 1 aliphatic heterocycles. The molecule has 2 heterocycles. The van der Waals surface area contributed by atoms with Crippen LogP contribution < -0.4 is 10.2 Å². The van der Waals surface area contributed by atoms with Crippen LogP contribution in [0.3, 0.4) is 0 Å². The van der Waals surface area contributed by atoms with Gasteiger partial charge in [0.05, 0.1) is 15.5 Å². The summed E-state index contributed by atoms with van der Waals surface area (Å²) in [6.07, 6.45) is 2.50. The third-order valence-electron chi connectivity index (χ3n) is 5.58. The number of hydrogen-bond donors (Lipinski definition) is 1. The van der Waals surface area contributed by atoms with Crippen molar-refractivity contribution in [3.63, 3.8) is 0 Å². The van der Waals surface area contributed by atoms with Crippen LogP contribution in [-0.2, 0) is 6.42 Å². The summed E-state index contributed by atoms with van der Waals surface area (Å²) in [4.78, 5) is 29.6. The summed E-state index contributed by atoms with van der Waals surface area (Å²) in [7, 11) is 0. The first-order chi connectivity index (χ1) is 15.9. The lowest BCUT2D eigenvalue weighted by Crippen LogP contribution is -2.38. The number of benzene rings is 2. The van der Waals surface area contributed by atoms with E-state index in [1.807, 2.05) is 24.3 Å². The Morgan fingerprint density at radius 3 is 2.58 bits per heavy atom. The Kier molecular flexibility index (Phi) is 7.42. The molecular formula is C22H21Cl2N5O3S. The second-order valence-electron chi connectivity index (χ2n) is 7.86. The number of nitrogens with zero attached hydrogens (tertiary/aromatic N) is 4. The summed E-state index contributed by atoms with van der Waals surface area (Å²) >= 11 is 13.4. The Labute approximate surface area is 204 Å². The number of piperidine rings is 1. The molecule has 0 saturated carbocycles. The Hall–Kier alpha value is -2.75. The number of amides is 1. The summed E-state index contributed by atoms with van der Waals surface area (Å²) in [5, 5.41) is 15.4. The Morgan fingerprint density at radius 1 is 1.18 bits per heavy atom. The van der Waals surface area contributed by atoms with Gasteiger partial charge in [0.2, 0.25) is 5.13 Å². The molecule has 1 amide bonds. The largest absolute Gasteiger partial charge is 0.352 e. The normalized spacial score (nSPS) is 14.3. The number of nitro groups is 1. The molecule has 1 aromatic heterocycles. The Balaban J connectivity index is 1.25. The zero-order valence-corrected chi connectivity index (χ0v) is 19.9. The van der Waals surface area contributed by atoms with Crippen molar-refractivity contribution in [2.75, 3.05) is 24.5 Å². The van der Waals surface area contributed by atoms with Gasteiger partial charge in [0.25, 0.3) is 11.6 Å². The summed E-state index contributed by atoms with van der Waals surface area (Å²) in [6, 6.07) is 11.5. The summed E-state index contributed by atoms with van der Waals surface area (Å²) in [5.41, 5.74) is 1.21. The number of halogens is 2. The molecule has 4 rings (SSSR count).